The van der Waals surface area contributed by atoms with Crippen LogP contribution in [0.2, 0.25) is 0 Å². The van der Waals surface area contributed by atoms with Crippen molar-refractivity contribution < 1.29 is 9.53 Å². The number of pyridine rings is 1. The summed E-state index contributed by atoms with van der Waals surface area (Å²) in [6, 6.07) is 22.7. The SMILES string of the molecule is C[C@H](Oc1cccc2ccccc12)C(=O)N/N=C\c1cc2ccccc2[nH]c1=O. The highest BCUT2D eigenvalue weighted by molar-refractivity contribution is 5.90. The molecule has 4 aromatic rings. The molecule has 0 fully saturated rings. The molecule has 0 aliphatic rings. The normalized spacial score (nSPS) is 12.3. The van der Waals surface area contributed by atoms with Crippen molar-refractivity contribution in [3.8, 4) is 5.75 Å². The number of hydrogen-bond acceptors (Lipinski definition) is 4. The number of nitrogens with one attached hydrogen (secondary N) is 2. The molecule has 0 spiro atoms. The van der Waals surface area contributed by atoms with Gasteiger partial charge < -0.3 is 9.72 Å². The van der Waals surface area contributed by atoms with Crippen molar-refractivity contribution in [3.05, 3.63) is 88.7 Å². The number of ether oxygens (including phenoxy) is 1. The zero-order valence-electron chi connectivity index (χ0n) is 15.8. The first-order valence-electron chi connectivity index (χ1n) is 9.21. The first-order valence-corrected chi connectivity index (χ1v) is 9.21. The van der Waals surface area contributed by atoms with Gasteiger partial charge in [0, 0.05) is 10.9 Å². The van der Waals surface area contributed by atoms with E-state index >= 15 is 0 Å². The minimum Gasteiger partial charge on any atom is -0.480 e. The predicted molar refractivity (Wildman–Crippen MR) is 114 cm³/mol. The van der Waals surface area contributed by atoms with E-state index in [1.807, 2.05) is 66.7 Å². The first-order chi connectivity index (χ1) is 14.1. The van der Waals surface area contributed by atoms with Crippen LogP contribution >= 0.6 is 0 Å². The maximum atomic E-state index is 12.3. The third kappa shape index (κ3) is 4.01. The third-order valence-electron chi connectivity index (χ3n) is 4.58. The van der Waals surface area contributed by atoms with Crippen molar-refractivity contribution in [1.29, 1.82) is 0 Å². The number of amides is 1. The Morgan fingerprint density at radius 1 is 1.03 bits per heavy atom. The highest BCUT2D eigenvalue weighted by Gasteiger charge is 2.15. The fraction of sp³-hybridized carbons (Fsp3) is 0.0870. The molecule has 0 saturated heterocycles. The van der Waals surface area contributed by atoms with Crippen molar-refractivity contribution in [1.82, 2.24) is 10.4 Å². The summed E-state index contributed by atoms with van der Waals surface area (Å²) in [7, 11) is 0. The number of nitrogens with zero attached hydrogens (tertiary/aromatic N) is 1. The van der Waals surface area contributed by atoms with E-state index in [2.05, 4.69) is 15.5 Å². The summed E-state index contributed by atoms with van der Waals surface area (Å²) >= 11 is 0. The fourth-order valence-corrected chi connectivity index (χ4v) is 3.06. The number of hydrazone groups is 1. The van der Waals surface area contributed by atoms with E-state index in [9.17, 15) is 9.59 Å². The molecule has 6 heteroatoms. The molecule has 2 N–H and O–H groups in total. The zero-order chi connectivity index (χ0) is 20.2. The summed E-state index contributed by atoms with van der Waals surface area (Å²) in [6.45, 7) is 1.65. The lowest BCUT2D eigenvalue weighted by Crippen LogP contribution is -2.33. The highest BCUT2D eigenvalue weighted by atomic mass is 16.5. The molecule has 6 nitrogen and oxygen atoms in total. The summed E-state index contributed by atoms with van der Waals surface area (Å²) in [6.07, 6.45) is 0.571. The van der Waals surface area contributed by atoms with E-state index < -0.39 is 12.0 Å². The molecular formula is C23H19N3O3. The van der Waals surface area contributed by atoms with Gasteiger partial charge in [0.15, 0.2) is 6.10 Å². The second-order valence-corrected chi connectivity index (χ2v) is 6.61. The van der Waals surface area contributed by atoms with Crippen LogP contribution in [0.5, 0.6) is 5.75 Å². The molecule has 0 aliphatic carbocycles. The van der Waals surface area contributed by atoms with Crippen molar-refractivity contribution in [2.45, 2.75) is 13.0 Å². The number of aromatic nitrogens is 1. The van der Waals surface area contributed by atoms with Crippen LogP contribution in [0.25, 0.3) is 21.7 Å². The van der Waals surface area contributed by atoms with Gasteiger partial charge in [0.1, 0.15) is 5.75 Å². The number of benzene rings is 3. The molecule has 1 aromatic heterocycles. The minimum absolute atomic E-state index is 0.276. The van der Waals surface area contributed by atoms with Crippen LogP contribution in [0.4, 0.5) is 0 Å². The maximum absolute atomic E-state index is 12.3. The average Bonchev–Trinajstić information content (AvgIpc) is 2.74. The molecule has 4 rings (SSSR count). The van der Waals surface area contributed by atoms with Crippen LogP contribution in [0, 0.1) is 0 Å². The number of rotatable bonds is 5. The predicted octanol–water partition coefficient (Wildman–Crippen LogP) is 3.60. The molecule has 0 bridgehead atoms. The zero-order valence-corrected chi connectivity index (χ0v) is 15.8. The Balaban J connectivity index is 1.45. The molecule has 1 heterocycles. The van der Waals surface area contributed by atoms with E-state index in [-0.39, 0.29) is 5.56 Å². The van der Waals surface area contributed by atoms with Gasteiger partial charge in [-0.1, -0.05) is 54.6 Å². The van der Waals surface area contributed by atoms with Crippen molar-refractivity contribution in [2.24, 2.45) is 5.10 Å². The number of carbonyl (C=O) groups is 1. The summed E-state index contributed by atoms with van der Waals surface area (Å²) in [5, 5.41) is 6.76. The molecule has 1 amide bonds. The van der Waals surface area contributed by atoms with Gasteiger partial charge in [0.05, 0.1) is 11.8 Å². The molecule has 0 unspecified atom stereocenters. The van der Waals surface area contributed by atoms with Gasteiger partial charge in [-0.15, -0.1) is 0 Å². The van der Waals surface area contributed by atoms with Crippen LogP contribution in [-0.2, 0) is 4.79 Å². The number of para-hydroxylation sites is 1. The molecule has 0 radical (unpaired) electrons. The quantitative estimate of drug-likeness (QED) is 0.407. The van der Waals surface area contributed by atoms with E-state index in [4.69, 9.17) is 4.74 Å². The van der Waals surface area contributed by atoms with Crippen molar-refractivity contribution >= 4 is 33.8 Å². The van der Waals surface area contributed by atoms with Crippen molar-refractivity contribution in [3.63, 3.8) is 0 Å². The Morgan fingerprint density at radius 2 is 1.76 bits per heavy atom. The summed E-state index contributed by atoms with van der Waals surface area (Å²) in [5.74, 6) is 0.215. The lowest BCUT2D eigenvalue weighted by atomic mass is 10.1. The third-order valence-corrected chi connectivity index (χ3v) is 4.58. The first kappa shape index (κ1) is 18.4. The highest BCUT2D eigenvalue weighted by Crippen LogP contribution is 2.26. The van der Waals surface area contributed by atoms with Gasteiger partial charge in [-0.2, -0.15) is 5.10 Å². The van der Waals surface area contributed by atoms with Gasteiger partial charge >= 0.3 is 0 Å². The average molecular weight is 385 g/mol. The van der Waals surface area contributed by atoms with Crippen LogP contribution in [-0.4, -0.2) is 23.2 Å². The molecule has 1 atom stereocenters. The lowest BCUT2D eigenvalue weighted by Gasteiger charge is -2.14. The molecule has 0 aliphatic heterocycles. The van der Waals surface area contributed by atoms with E-state index in [0.717, 1.165) is 21.7 Å². The molecule has 29 heavy (non-hydrogen) atoms. The number of carbonyl (C=O) groups excluding carboxylic acids is 1. The van der Waals surface area contributed by atoms with Gasteiger partial charge in [0.2, 0.25) is 0 Å². The fourth-order valence-electron chi connectivity index (χ4n) is 3.06. The Bertz CT molecular complexity index is 1270. The summed E-state index contributed by atoms with van der Waals surface area (Å²) in [5.41, 5.74) is 3.25. The van der Waals surface area contributed by atoms with Gasteiger partial charge in [0.25, 0.3) is 11.5 Å². The largest absolute Gasteiger partial charge is 0.480 e. The van der Waals surface area contributed by atoms with E-state index in [1.165, 1.54) is 6.21 Å². The van der Waals surface area contributed by atoms with Crippen LogP contribution in [0.1, 0.15) is 12.5 Å². The van der Waals surface area contributed by atoms with Crippen molar-refractivity contribution in [2.75, 3.05) is 0 Å². The van der Waals surface area contributed by atoms with Crippen LogP contribution in [0.3, 0.4) is 0 Å². The summed E-state index contributed by atoms with van der Waals surface area (Å²) < 4.78 is 5.82. The smallest absolute Gasteiger partial charge is 0.280 e. The van der Waals surface area contributed by atoms with Crippen LogP contribution < -0.4 is 15.7 Å². The second kappa shape index (κ2) is 7.98. The molecule has 0 saturated carbocycles. The van der Waals surface area contributed by atoms with Gasteiger partial charge in [-0.25, -0.2) is 5.43 Å². The number of aromatic amines is 1. The Kier molecular flexibility index (Phi) is 5.07. The Labute approximate surface area is 166 Å². The molecular weight excluding hydrogens is 366 g/mol. The lowest BCUT2D eigenvalue weighted by molar-refractivity contribution is -0.127. The number of fused-ring (bicyclic) bond motifs is 2. The number of H-pyrrole nitrogens is 1. The minimum atomic E-state index is -0.757. The topological polar surface area (TPSA) is 83.5 Å². The Morgan fingerprint density at radius 3 is 2.62 bits per heavy atom. The maximum Gasteiger partial charge on any atom is 0.280 e. The van der Waals surface area contributed by atoms with Gasteiger partial charge in [-0.3, -0.25) is 9.59 Å². The van der Waals surface area contributed by atoms with Gasteiger partial charge in [-0.05, 0) is 35.9 Å². The standard InChI is InChI=1S/C23H19N3O3/c1-15(29-21-12-6-9-16-7-2-4-10-19(16)21)22(27)26-24-14-18-13-17-8-3-5-11-20(17)25-23(18)28/h2-15H,1H3,(H,25,28)(H,26,27)/b24-14-/t15-/m0/s1. The Hall–Kier alpha value is -3.93. The number of hydrogen-bond donors (Lipinski definition) is 2. The second-order valence-electron chi connectivity index (χ2n) is 6.61. The molecule has 144 valence electrons. The van der Waals surface area contributed by atoms with Crippen LogP contribution in [0.15, 0.2) is 82.7 Å². The van der Waals surface area contributed by atoms with E-state index in [1.54, 1.807) is 13.0 Å². The summed E-state index contributed by atoms with van der Waals surface area (Å²) in [4.78, 5) is 27.2. The van der Waals surface area contributed by atoms with E-state index in [0.29, 0.717) is 11.3 Å². The monoisotopic (exact) mass is 385 g/mol. The molecule has 3 aromatic carbocycles.